The fourth-order valence-electron chi connectivity index (χ4n) is 3.12. The van der Waals surface area contributed by atoms with Gasteiger partial charge in [-0.15, -0.1) is 0 Å². The van der Waals surface area contributed by atoms with Gasteiger partial charge in [0.25, 0.3) is 11.8 Å². The largest absolute Gasteiger partial charge is 0.493 e. The minimum atomic E-state index is -0.809. The number of nitrogens with zero attached hydrogens (tertiary/aromatic N) is 1. The van der Waals surface area contributed by atoms with Gasteiger partial charge in [-0.1, -0.05) is 30.7 Å². The Kier molecular flexibility index (Phi) is 6.49. The molecule has 0 fully saturated rings. The second-order valence-electron chi connectivity index (χ2n) is 6.47. The number of hydrogen-bond acceptors (Lipinski definition) is 5. The summed E-state index contributed by atoms with van der Waals surface area (Å²) in [4.78, 5) is 27.3. The summed E-state index contributed by atoms with van der Waals surface area (Å²) < 4.78 is 16.4. The van der Waals surface area contributed by atoms with Crippen LogP contribution in [0, 0.1) is 0 Å². The number of carbonyl (C=O) groups excluding carboxylic acids is 2. The SMILES string of the molecule is CCCNC(=O)[C@@H]1CN(C(=O)c2cc(Cl)c(OC)c(OC)c2)c2ccccc2O1. The number of hydrogen-bond donors (Lipinski definition) is 1. The van der Waals surface area contributed by atoms with E-state index in [-0.39, 0.29) is 23.4 Å². The van der Waals surface area contributed by atoms with Crippen molar-refractivity contribution in [2.24, 2.45) is 0 Å². The van der Waals surface area contributed by atoms with E-state index in [1.54, 1.807) is 24.3 Å². The highest BCUT2D eigenvalue weighted by atomic mass is 35.5. The van der Waals surface area contributed by atoms with Gasteiger partial charge in [0.15, 0.2) is 17.6 Å². The molecule has 7 nitrogen and oxygen atoms in total. The Hall–Kier alpha value is -2.93. The Labute approximate surface area is 174 Å². The number of methoxy groups -OCH3 is 2. The molecule has 1 aliphatic heterocycles. The summed E-state index contributed by atoms with van der Waals surface area (Å²) >= 11 is 6.27. The van der Waals surface area contributed by atoms with Crippen molar-refractivity contribution in [1.29, 1.82) is 0 Å². The van der Waals surface area contributed by atoms with Crippen molar-refractivity contribution in [1.82, 2.24) is 5.32 Å². The molecule has 3 rings (SSSR count). The maximum absolute atomic E-state index is 13.3. The summed E-state index contributed by atoms with van der Waals surface area (Å²) in [5.41, 5.74) is 0.903. The Morgan fingerprint density at radius 2 is 2.00 bits per heavy atom. The van der Waals surface area contributed by atoms with E-state index in [1.807, 2.05) is 13.0 Å². The first-order valence-corrected chi connectivity index (χ1v) is 9.64. The summed E-state index contributed by atoms with van der Waals surface area (Å²) in [5, 5.41) is 3.07. The third-order valence-electron chi connectivity index (χ3n) is 4.54. The Morgan fingerprint density at radius 3 is 2.69 bits per heavy atom. The molecule has 29 heavy (non-hydrogen) atoms. The van der Waals surface area contributed by atoms with E-state index in [9.17, 15) is 9.59 Å². The number of benzene rings is 2. The first kappa shape index (κ1) is 20.8. The minimum absolute atomic E-state index is 0.0807. The lowest BCUT2D eigenvalue weighted by Crippen LogP contribution is -2.50. The summed E-state index contributed by atoms with van der Waals surface area (Å²) in [6.45, 7) is 2.59. The number of fused-ring (bicyclic) bond motifs is 1. The molecule has 0 aromatic heterocycles. The highest BCUT2D eigenvalue weighted by molar-refractivity contribution is 6.33. The van der Waals surface area contributed by atoms with Gasteiger partial charge in [-0.05, 0) is 30.7 Å². The van der Waals surface area contributed by atoms with Crippen LogP contribution in [-0.4, -0.2) is 45.2 Å². The first-order chi connectivity index (χ1) is 14.0. The molecule has 8 heteroatoms. The number of ether oxygens (including phenoxy) is 3. The van der Waals surface area contributed by atoms with Crippen LogP contribution in [0.2, 0.25) is 5.02 Å². The van der Waals surface area contributed by atoms with Gasteiger partial charge in [0, 0.05) is 12.1 Å². The zero-order chi connectivity index (χ0) is 21.0. The number of amides is 2. The molecule has 1 atom stereocenters. The van der Waals surface area contributed by atoms with E-state index in [0.29, 0.717) is 35.0 Å². The summed E-state index contributed by atoms with van der Waals surface area (Å²) in [6, 6.07) is 10.2. The van der Waals surface area contributed by atoms with E-state index in [2.05, 4.69) is 5.32 Å². The molecule has 2 aromatic carbocycles. The van der Waals surface area contributed by atoms with Gasteiger partial charge in [-0.2, -0.15) is 0 Å². The number of nitrogens with one attached hydrogen (secondary N) is 1. The molecular formula is C21H23ClN2O5. The molecule has 1 heterocycles. The molecular weight excluding hydrogens is 396 g/mol. The van der Waals surface area contributed by atoms with Gasteiger partial charge in [0.1, 0.15) is 5.75 Å². The molecule has 2 aromatic rings. The van der Waals surface area contributed by atoms with Crippen molar-refractivity contribution in [3.05, 3.63) is 47.0 Å². The lowest BCUT2D eigenvalue weighted by atomic mass is 10.1. The Bertz CT molecular complexity index is 918. The van der Waals surface area contributed by atoms with Gasteiger partial charge in [0.2, 0.25) is 0 Å². The number of anilines is 1. The summed E-state index contributed by atoms with van der Waals surface area (Å²) in [7, 11) is 2.95. The van der Waals surface area contributed by atoms with Crippen LogP contribution in [0.4, 0.5) is 5.69 Å². The second kappa shape index (κ2) is 9.05. The predicted octanol–water partition coefficient (Wildman–Crippen LogP) is 3.29. The molecule has 0 bridgehead atoms. The van der Waals surface area contributed by atoms with Crippen LogP contribution in [-0.2, 0) is 4.79 Å². The molecule has 154 valence electrons. The normalized spacial score (nSPS) is 15.2. The monoisotopic (exact) mass is 418 g/mol. The second-order valence-corrected chi connectivity index (χ2v) is 6.88. The van der Waals surface area contributed by atoms with Crippen molar-refractivity contribution in [2.75, 3.05) is 32.2 Å². The standard InChI is InChI=1S/C21H23ClN2O5/c1-4-9-23-20(25)18-12-24(15-7-5-6-8-16(15)29-18)21(26)13-10-14(22)19(28-3)17(11-13)27-2/h5-8,10-11,18H,4,9,12H2,1-3H3,(H,23,25)/t18-/m0/s1. The van der Waals surface area contributed by atoms with Gasteiger partial charge in [-0.3, -0.25) is 9.59 Å². The lowest BCUT2D eigenvalue weighted by molar-refractivity contribution is -0.127. The Balaban J connectivity index is 1.96. The third kappa shape index (κ3) is 4.24. The average Bonchev–Trinajstić information content (AvgIpc) is 2.75. The molecule has 2 amide bonds. The number of rotatable bonds is 6. The summed E-state index contributed by atoms with van der Waals surface area (Å²) in [5.74, 6) is 0.587. The molecule has 0 saturated carbocycles. The van der Waals surface area contributed by atoms with Crippen LogP contribution >= 0.6 is 11.6 Å². The quantitative estimate of drug-likeness (QED) is 0.778. The van der Waals surface area contributed by atoms with Crippen LogP contribution in [0.1, 0.15) is 23.7 Å². The highest BCUT2D eigenvalue weighted by Gasteiger charge is 2.34. The van der Waals surface area contributed by atoms with Crippen molar-refractivity contribution < 1.29 is 23.8 Å². The van der Waals surface area contributed by atoms with E-state index >= 15 is 0 Å². The van der Waals surface area contributed by atoms with Crippen LogP contribution in [0.25, 0.3) is 0 Å². The van der Waals surface area contributed by atoms with Crippen molar-refractivity contribution in [3.63, 3.8) is 0 Å². The van der Waals surface area contributed by atoms with Crippen molar-refractivity contribution in [2.45, 2.75) is 19.4 Å². The summed E-state index contributed by atoms with van der Waals surface area (Å²) in [6.07, 6.45) is -0.00187. The molecule has 0 saturated heterocycles. The van der Waals surface area contributed by atoms with Crippen LogP contribution in [0.15, 0.2) is 36.4 Å². The minimum Gasteiger partial charge on any atom is -0.493 e. The highest BCUT2D eigenvalue weighted by Crippen LogP contribution is 2.38. The first-order valence-electron chi connectivity index (χ1n) is 9.26. The van der Waals surface area contributed by atoms with Gasteiger partial charge in [-0.25, -0.2) is 0 Å². The van der Waals surface area contributed by atoms with E-state index in [0.717, 1.165) is 6.42 Å². The van der Waals surface area contributed by atoms with Crippen molar-refractivity contribution >= 4 is 29.1 Å². The zero-order valence-corrected chi connectivity index (χ0v) is 17.3. The molecule has 1 N–H and O–H groups in total. The topological polar surface area (TPSA) is 77.1 Å². The fourth-order valence-corrected chi connectivity index (χ4v) is 3.41. The van der Waals surface area contributed by atoms with E-state index in [4.69, 9.17) is 25.8 Å². The smallest absolute Gasteiger partial charge is 0.262 e. The third-order valence-corrected chi connectivity index (χ3v) is 4.82. The van der Waals surface area contributed by atoms with Crippen LogP contribution in [0.3, 0.4) is 0 Å². The molecule has 0 spiro atoms. The van der Waals surface area contributed by atoms with E-state index in [1.165, 1.54) is 25.2 Å². The van der Waals surface area contributed by atoms with Crippen LogP contribution < -0.4 is 24.4 Å². The van der Waals surface area contributed by atoms with Gasteiger partial charge < -0.3 is 24.4 Å². The van der Waals surface area contributed by atoms with Crippen LogP contribution in [0.5, 0.6) is 17.2 Å². The van der Waals surface area contributed by atoms with Gasteiger partial charge in [0.05, 0.1) is 31.5 Å². The molecule has 1 aliphatic rings. The number of para-hydroxylation sites is 2. The Morgan fingerprint density at radius 1 is 1.24 bits per heavy atom. The lowest BCUT2D eigenvalue weighted by Gasteiger charge is -2.34. The maximum atomic E-state index is 13.3. The number of halogens is 1. The molecule has 0 radical (unpaired) electrons. The predicted molar refractivity (Wildman–Crippen MR) is 110 cm³/mol. The zero-order valence-electron chi connectivity index (χ0n) is 16.5. The molecule has 0 aliphatic carbocycles. The van der Waals surface area contributed by atoms with Gasteiger partial charge >= 0.3 is 0 Å². The van der Waals surface area contributed by atoms with E-state index < -0.39 is 6.10 Å². The fraction of sp³-hybridized carbons (Fsp3) is 0.333. The molecule has 0 unspecified atom stereocenters. The van der Waals surface area contributed by atoms with Crippen molar-refractivity contribution in [3.8, 4) is 17.2 Å². The maximum Gasteiger partial charge on any atom is 0.262 e. The average molecular weight is 419 g/mol. The number of carbonyl (C=O) groups is 2.